The third-order valence-electron chi connectivity index (χ3n) is 4.40. The highest BCUT2D eigenvalue weighted by atomic mass is 35.5. The van der Waals surface area contributed by atoms with Crippen LogP contribution in [0.25, 0.3) is 0 Å². The van der Waals surface area contributed by atoms with Gasteiger partial charge >= 0.3 is 0 Å². The number of amides is 2. The molecule has 0 saturated carbocycles. The summed E-state index contributed by atoms with van der Waals surface area (Å²) in [7, 11) is -2.51. The molecule has 8 nitrogen and oxygen atoms in total. The van der Waals surface area contributed by atoms with Gasteiger partial charge in [-0.3, -0.25) is 9.59 Å². The SMILES string of the molecule is COCCN1C(=O)c2ccc(C(=O)NC3CCCNC3)cc2S1(=O)=O.Cl. The lowest BCUT2D eigenvalue weighted by Crippen LogP contribution is -2.45. The molecule has 1 fully saturated rings. The monoisotopic (exact) mass is 403 g/mol. The number of rotatable bonds is 5. The van der Waals surface area contributed by atoms with Crippen molar-refractivity contribution >= 4 is 34.2 Å². The van der Waals surface area contributed by atoms with Crippen LogP contribution in [0.15, 0.2) is 23.1 Å². The van der Waals surface area contributed by atoms with Crippen LogP contribution in [0.2, 0.25) is 0 Å². The maximum absolute atomic E-state index is 12.6. The van der Waals surface area contributed by atoms with Crippen LogP contribution in [0.4, 0.5) is 0 Å². The number of ether oxygens (including phenoxy) is 1. The zero-order chi connectivity index (χ0) is 18.0. The minimum atomic E-state index is -3.95. The second-order valence-corrected chi connectivity index (χ2v) is 7.93. The molecule has 2 N–H and O–H groups in total. The molecule has 0 spiro atoms. The molecule has 26 heavy (non-hydrogen) atoms. The van der Waals surface area contributed by atoms with E-state index in [0.29, 0.717) is 6.54 Å². The molecule has 2 aliphatic heterocycles. The maximum atomic E-state index is 12.6. The summed E-state index contributed by atoms with van der Waals surface area (Å²) in [5.41, 5.74) is 0.321. The van der Waals surface area contributed by atoms with Gasteiger partial charge in [-0.25, -0.2) is 12.7 Å². The van der Waals surface area contributed by atoms with Crippen LogP contribution in [0.1, 0.15) is 33.6 Å². The lowest BCUT2D eigenvalue weighted by Gasteiger charge is -2.23. The fraction of sp³-hybridized carbons (Fsp3) is 0.500. The van der Waals surface area contributed by atoms with Crippen LogP contribution >= 0.6 is 12.4 Å². The van der Waals surface area contributed by atoms with E-state index in [-0.39, 0.29) is 53.5 Å². The second kappa shape index (κ2) is 8.34. The Labute approximate surface area is 158 Å². The molecule has 10 heteroatoms. The topological polar surface area (TPSA) is 105 Å². The molecule has 0 radical (unpaired) electrons. The van der Waals surface area contributed by atoms with Gasteiger partial charge in [0.15, 0.2) is 0 Å². The van der Waals surface area contributed by atoms with Gasteiger partial charge in [0, 0.05) is 25.3 Å². The number of sulfonamides is 1. The molecule has 0 aliphatic carbocycles. The summed E-state index contributed by atoms with van der Waals surface area (Å²) in [6.07, 6.45) is 1.86. The summed E-state index contributed by atoms with van der Waals surface area (Å²) < 4.78 is 30.8. The van der Waals surface area contributed by atoms with E-state index in [0.717, 1.165) is 23.7 Å². The Kier molecular flexibility index (Phi) is 6.62. The summed E-state index contributed by atoms with van der Waals surface area (Å²) in [6, 6.07) is 4.18. The lowest BCUT2D eigenvalue weighted by molar-refractivity contribution is 0.0835. The van der Waals surface area contributed by atoms with E-state index in [1.165, 1.54) is 25.3 Å². The quantitative estimate of drug-likeness (QED) is 0.736. The van der Waals surface area contributed by atoms with Gasteiger partial charge in [-0.2, -0.15) is 0 Å². The van der Waals surface area contributed by atoms with Crippen molar-refractivity contribution in [1.29, 1.82) is 0 Å². The van der Waals surface area contributed by atoms with Crippen LogP contribution < -0.4 is 10.6 Å². The molecular weight excluding hydrogens is 382 g/mol. The van der Waals surface area contributed by atoms with Crippen molar-refractivity contribution < 1.29 is 22.7 Å². The van der Waals surface area contributed by atoms with Crippen LogP contribution in [-0.4, -0.2) is 63.9 Å². The highest BCUT2D eigenvalue weighted by Gasteiger charge is 2.41. The van der Waals surface area contributed by atoms with Crippen molar-refractivity contribution in [2.24, 2.45) is 0 Å². The Morgan fingerprint density at radius 2 is 2.19 bits per heavy atom. The molecule has 1 aromatic carbocycles. The van der Waals surface area contributed by atoms with E-state index < -0.39 is 15.9 Å². The van der Waals surface area contributed by atoms with Crippen molar-refractivity contribution in [3.05, 3.63) is 29.3 Å². The minimum absolute atomic E-state index is 0. The van der Waals surface area contributed by atoms with E-state index in [2.05, 4.69) is 10.6 Å². The van der Waals surface area contributed by atoms with E-state index in [1.807, 2.05) is 0 Å². The summed E-state index contributed by atoms with van der Waals surface area (Å²) in [5, 5.41) is 6.10. The number of methoxy groups -OCH3 is 1. The highest BCUT2D eigenvalue weighted by molar-refractivity contribution is 7.90. The van der Waals surface area contributed by atoms with Gasteiger partial charge in [0.2, 0.25) is 0 Å². The highest BCUT2D eigenvalue weighted by Crippen LogP contribution is 2.30. The number of halogens is 1. The Morgan fingerprint density at radius 1 is 1.42 bits per heavy atom. The van der Waals surface area contributed by atoms with Gasteiger partial charge in [-0.1, -0.05) is 0 Å². The van der Waals surface area contributed by atoms with Gasteiger partial charge in [0.25, 0.3) is 21.8 Å². The normalized spacial score (nSPS) is 21.0. The summed E-state index contributed by atoms with van der Waals surface area (Å²) in [6.45, 7) is 1.68. The summed E-state index contributed by atoms with van der Waals surface area (Å²) >= 11 is 0. The number of hydrogen-bond acceptors (Lipinski definition) is 6. The first kappa shape index (κ1) is 20.6. The first-order valence-electron chi connectivity index (χ1n) is 8.17. The Balaban J connectivity index is 0.00000243. The van der Waals surface area contributed by atoms with E-state index >= 15 is 0 Å². The van der Waals surface area contributed by atoms with Gasteiger partial charge in [-0.15, -0.1) is 12.4 Å². The van der Waals surface area contributed by atoms with E-state index in [9.17, 15) is 18.0 Å². The predicted octanol–water partition coefficient (Wildman–Crippen LogP) is 0.381. The van der Waals surface area contributed by atoms with E-state index in [4.69, 9.17) is 4.74 Å². The van der Waals surface area contributed by atoms with Gasteiger partial charge in [0.05, 0.1) is 18.7 Å². The average Bonchev–Trinajstić information content (AvgIpc) is 2.80. The predicted molar refractivity (Wildman–Crippen MR) is 97.1 cm³/mol. The minimum Gasteiger partial charge on any atom is -0.383 e. The van der Waals surface area contributed by atoms with Gasteiger partial charge in [0.1, 0.15) is 4.90 Å². The molecule has 3 rings (SSSR count). The molecule has 144 valence electrons. The third-order valence-corrected chi connectivity index (χ3v) is 6.22. The second-order valence-electron chi connectivity index (χ2n) is 6.10. The molecule has 1 saturated heterocycles. The Bertz CT molecular complexity index is 793. The average molecular weight is 404 g/mol. The third kappa shape index (κ3) is 3.85. The van der Waals surface area contributed by atoms with Crippen molar-refractivity contribution in [3.8, 4) is 0 Å². The number of carbonyl (C=O) groups excluding carboxylic acids is 2. The molecule has 2 heterocycles. The van der Waals surface area contributed by atoms with Crippen LogP contribution in [0, 0.1) is 0 Å². The fourth-order valence-electron chi connectivity index (χ4n) is 3.06. The van der Waals surface area contributed by atoms with Gasteiger partial charge < -0.3 is 15.4 Å². The Hall–Kier alpha value is -1.68. The molecular formula is C16H22ClN3O5S. The zero-order valence-corrected chi connectivity index (χ0v) is 16.0. The van der Waals surface area contributed by atoms with Crippen molar-refractivity contribution in [1.82, 2.24) is 14.9 Å². The smallest absolute Gasteiger partial charge is 0.269 e. The molecule has 1 unspecified atom stereocenters. The first-order chi connectivity index (χ1) is 11.9. The standard InChI is InChI=1S/C16H21N3O5S.ClH/c1-24-8-7-19-16(21)13-5-4-11(9-14(13)25(19,22)23)15(20)18-12-3-2-6-17-10-12;/h4-5,9,12,17H,2-3,6-8,10H2,1H3,(H,18,20);1H. The lowest BCUT2D eigenvalue weighted by atomic mass is 10.1. The van der Waals surface area contributed by atoms with Crippen molar-refractivity contribution in [2.45, 2.75) is 23.8 Å². The number of benzene rings is 1. The van der Waals surface area contributed by atoms with Crippen LogP contribution in [0.5, 0.6) is 0 Å². The summed E-state index contributed by atoms with van der Waals surface area (Å²) in [5.74, 6) is -0.926. The van der Waals surface area contributed by atoms with Gasteiger partial charge in [-0.05, 0) is 37.6 Å². The molecule has 0 aromatic heterocycles. The molecule has 2 amide bonds. The number of hydrogen-bond donors (Lipinski definition) is 2. The molecule has 2 aliphatic rings. The van der Waals surface area contributed by atoms with Crippen LogP contribution in [-0.2, 0) is 14.8 Å². The maximum Gasteiger partial charge on any atom is 0.269 e. The Morgan fingerprint density at radius 3 is 2.85 bits per heavy atom. The first-order valence-corrected chi connectivity index (χ1v) is 9.61. The molecule has 1 aromatic rings. The summed E-state index contributed by atoms with van der Waals surface area (Å²) in [4.78, 5) is 24.6. The molecule has 1 atom stereocenters. The van der Waals surface area contributed by atoms with Crippen LogP contribution in [0.3, 0.4) is 0 Å². The van der Waals surface area contributed by atoms with E-state index in [1.54, 1.807) is 0 Å². The number of nitrogens with zero attached hydrogens (tertiary/aromatic N) is 1. The number of nitrogens with one attached hydrogen (secondary N) is 2. The number of piperidine rings is 1. The number of fused-ring (bicyclic) bond motifs is 1. The van der Waals surface area contributed by atoms with Crippen molar-refractivity contribution in [3.63, 3.8) is 0 Å². The van der Waals surface area contributed by atoms with Crippen molar-refractivity contribution in [2.75, 3.05) is 33.4 Å². The zero-order valence-electron chi connectivity index (χ0n) is 14.4. The molecule has 0 bridgehead atoms. The fourth-order valence-corrected chi connectivity index (χ4v) is 4.63. The number of carbonyl (C=O) groups is 2. The largest absolute Gasteiger partial charge is 0.383 e.